The summed E-state index contributed by atoms with van der Waals surface area (Å²) in [6.45, 7) is 6.37. The van der Waals surface area contributed by atoms with E-state index in [1.807, 2.05) is 13.8 Å². The minimum absolute atomic E-state index is 0.114. The van der Waals surface area contributed by atoms with Gasteiger partial charge in [0.15, 0.2) is 0 Å². The summed E-state index contributed by atoms with van der Waals surface area (Å²) in [5.41, 5.74) is -0.114. The summed E-state index contributed by atoms with van der Waals surface area (Å²) >= 11 is 0. The molecule has 1 rings (SSSR count). The second-order valence-corrected chi connectivity index (χ2v) is 4.08. The zero-order chi connectivity index (χ0) is 14.8. The molecular formula is C12H21N5O3. The van der Waals surface area contributed by atoms with Gasteiger partial charge in [-0.3, -0.25) is 10.1 Å². The van der Waals surface area contributed by atoms with E-state index in [0.717, 1.165) is 12.8 Å². The Balaban J connectivity index is 2.71. The molecule has 8 heteroatoms. The van der Waals surface area contributed by atoms with Gasteiger partial charge < -0.3 is 15.4 Å². The van der Waals surface area contributed by atoms with Crippen LogP contribution in [0.5, 0.6) is 0 Å². The molecule has 0 saturated heterocycles. The van der Waals surface area contributed by atoms with Crippen molar-refractivity contribution in [3.8, 4) is 0 Å². The molecule has 0 fully saturated rings. The Morgan fingerprint density at radius 3 is 2.45 bits per heavy atom. The minimum atomic E-state index is -0.469. The monoisotopic (exact) mass is 283 g/mol. The molecule has 2 N–H and O–H groups in total. The van der Waals surface area contributed by atoms with Crippen LogP contribution in [-0.4, -0.2) is 41.2 Å². The maximum atomic E-state index is 11.2. The number of aromatic nitrogens is 2. The van der Waals surface area contributed by atoms with Crippen LogP contribution in [0.4, 0.5) is 17.3 Å². The van der Waals surface area contributed by atoms with Crippen LogP contribution in [0.25, 0.3) is 0 Å². The van der Waals surface area contributed by atoms with Gasteiger partial charge in [-0.25, -0.2) is 9.97 Å². The number of rotatable bonds is 10. The second-order valence-electron chi connectivity index (χ2n) is 4.08. The summed E-state index contributed by atoms with van der Waals surface area (Å²) < 4.78 is 5.21. The van der Waals surface area contributed by atoms with E-state index in [1.165, 1.54) is 6.33 Å². The topological polar surface area (TPSA) is 102 Å². The Morgan fingerprint density at radius 1 is 1.25 bits per heavy atom. The van der Waals surface area contributed by atoms with Gasteiger partial charge in [0.25, 0.3) is 0 Å². The van der Waals surface area contributed by atoms with E-state index in [1.54, 1.807) is 0 Å². The third-order valence-corrected chi connectivity index (χ3v) is 2.51. The highest BCUT2D eigenvalue weighted by atomic mass is 16.6. The average Bonchev–Trinajstić information content (AvgIpc) is 2.44. The first-order chi connectivity index (χ1) is 9.70. The van der Waals surface area contributed by atoms with E-state index in [4.69, 9.17) is 4.74 Å². The lowest BCUT2D eigenvalue weighted by atomic mass is 10.3. The first-order valence-corrected chi connectivity index (χ1v) is 6.75. The third kappa shape index (κ3) is 4.96. The lowest BCUT2D eigenvalue weighted by Gasteiger charge is -2.09. The van der Waals surface area contributed by atoms with Gasteiger partial charge in [-0.05, 0) is 19.8 Å². The van der Waals surface area contributed by atoms with E-state index in [2.05, 4.69) is 20.6 Å². The summed E-state index contributed by atoms with van der Waals surface area (Å²) in [4.78, 5) is 18.6. The molecule has 0 saturated carbocycles. The van der Waals surface area contributed by atoms with Crippen LogP contribution in [0.15, 0.2) is 6.33 Å². The normalized spacial score (nSPS) is 10.3. The molecule has 0 amide bonds. The Bertz CT molecular complexity index is 428. The number of hydrogen-bond donors (Lipinski definition) is 2. The van der Waals surface area contributed by atoms with Crippen molar-refractivity contribution in [3.63, 3.8) is 0 Å². The van der Waals surface area contributed by atoms with E-state index in [9.17, 15) is 10.1 Å². The van der Waals surface area contributed by atoms with Gasteiger partial charge in [0.2, 0.25) is 11.6 Å². The van der Waals surface area contributed by atoms with Crippen LogP contribution >= 0.6 is 0 Å². The van der Waals surface area contributed by atoms with E-state index >= 15 is 0 Å². The zero-order valence-corrected chi connectivity index (χ0v) is 11.9. The number of ether oxygens (including phenoxy) is 1. The Morgan fingerprint density at radius 2 is 1.90 bits per heavy atom. The number of nitro groups is 1. The van der Waals surface area contributed by atoms with Crippen LogP contribution < -0.4 is 10.6 Å². The molecule has 0 bridgehead atoms. The molecule has 0 aliphatic heterocycles. The highest BCUT2D eigenvalue weighted by Gasteiger charge is 2.22. The molecule has 20 heavy (non-hydrogen) atoms. The molecule has 0 unspecified atom stereocenters. The van der Waals surface area contributed by atoms with Gasteiger partial charge in [-0.2, -0.15) is 0 Å². The molecule has 112 valence electrons. The SMILES string of the molecule is CCCNc1ncnc(NCCCOCC)c1[N+](=O)[O-]. The van der Waals surface area contributed by atoms with Gasteiger partial charge in [-0.15, -0.1) is 0 Å². The lowest BCUT2D eigenvalue weighted by molar-refractivity contribution is -0.383. The van der Waals surface area contributed by atoms with Crippen molar-refractivity contribution >= 4 is 17.3 Å². The van der Waals surface area contributed by atoms with Crippen LogP contribution in [0.3, 0.4) is 0 Å². The molecule has 0 spiro atoms. The highest BCUT2D eigenvalue weighted by molar-refractivity contribution is 5.69. The Hall–Kier alpha value is -1.96. The number of nitrogens with one attached hydrogen (secondary N) is 2. The molecule has 0 radical (unpaired) electrons. The predicted molar refractivity (Wildman–Crippen MR) is 77.1 cm³/mol. The van der Waals surface area contributed by atoms with Gasteiger partial charge in [0.05, 0.1) is 4.92 Å². The Labute approximate surface area is 118 Å². The van der Waals surface area contributed by atoms with Gasteiger partial charge >= 0.3 is 5.69 Å². The largest absolute Gasteiger partial charge is 0.382 e. The van der Waals surface area contributed by atoms with Crippen molar-refractivity contribution in [2.75, 3.05) is 36.9 Å². The quantitative estimate of drug-likeness (QED) is 0.385. The predicted octanol–water partition coefficient (Wildman–Crippen LogP) is 2.05. The number of nitrogens with zero attached hydrogens (tertiary/aromatic N) is 3. The van der Waals surface area contributed by atoms with Gasteiger partial charge in [0, 0.05) is 26.3 Å². The van der Waals surface area contributed by atoms with Gasteiger partial charge in [-0.1, -0.05) is 6.92 Å². The first kappa shape index (κ1) is 16.1. The fourth-order valence-corrected chi connectivity index (χ4v) is 1.58. The van der Waals surface area contributed by atoms with E-state index in [0.29, 0.717) is 26.3 Å². The molecule has 1 aromatic heterocycles. The van der Waals surface area contributed by atoms with Crippen molar-refractivity contribution in [3.05, 3.63) is 16.4 Å². The summed E-state index contributed by atoms with van der Waals surface area (Å²) in [5, 5.41) is 17.1. The molecule has 1 heterocycles. The van der Waals surface area contributed by atoms with Crippen LogP contribution in [0, 0.1) is 10.1 Å². The van der Waals surface area contributed by atoms with E-state index < -0.39 is 4.92 Å². The van der Waals surface area contributed by atoms with Gasteiger partial charge in [0.1, 0.15) is 6.33 Å². The summed E-state index contributed by atoms with van der Waals surface area (Å²) in [5.74, 6) is 0.485. The van der Waals surface area contributed by atoms with Crippen LogP contribution in [0.1, 0.15) is 26.7 Å². The number of anilines is 2. The van der Waals surface area contributed by atoms with Crippen molar-refractivity contribution in [2.24, 2.45) is 0 Å². The van der Waals surface area contributed by atoms with Crippen LogP contribution in [0.2, 0.25) is 0 Å². The highest BCUT2D eigenvalue weighted by Crippen LogP contribution is 2.28. The fourth-order valence-electron chi connectivity index (χ4n) is 1.58. The standard InChI is InChI=1S/C12H21N5O3/c1-3-6-13-11-10(17(18)19)12(16-9-15-11)14-7-5-8-20-4-2/h9H,3-8H2,1-2H3,(H2,13,14,15,16). The fraction of sp³-hybridized carbons (Fsp3) is 0.667. The first-order valence-electron chi connectivity index (χ1n) is 6.75. The maximum Gasteiger partial charge on any atom is 0.353 e. The minimum Gasteiger partial charge on any atom is -0.382 e. The van der Waals surface area contributed by atoms with E-state index in [-0.39, 0.29) is 17.3 Å². The molecule has 0 aliphatic rings. The zero-order valence-electron chi connectivity index (χ0n) is 11.9. The molecule has 0 atom stereocenters. The summed E-state index contributed by atoms with van der Waals surface area (Å²) in [6.07, 6.45) is 2.93. The molecular weight excluding hydrogens is 262 g/mol. The summed E-state index contributed by atoms with van der Waals surface area (Å²) in [6, 6.07) is 0. The second kappa shape index (κ2) is 9.03. The molecule has 1 aromatic rings. The van der Waals surface area contributed by atoms with Crippen molar-refractivity contribution < 1.29 is 9.66 Å². The van der Waals surface area contributed by atoms with Crippen molar-refractivity contribution in [2.45, 2.75) is 26.7 Å². The van der Waals surface area contributed by atoms with Crippen LogP contribution in [-0.2, 0) is 4.74 Å². The third-order valence-electron chi connectivity index (χ3n) is 2.51. The van der Waals surface area contributed by atoms with Crippen molar-refractivity contribution in [1.29, 1.82) is 0 Å². The number of hydrogen-bond acceptors (Lipinski definition) is 7. The maximum absolute atomic E-state index is 11.2. The molecule has 0 aromatic carbocycles. The van der Waals surface area contributed by atoms with Crippen molar-refractivity contribution in [1.82, 2.24) is 9.97 Å². The summed E-state index contributed by atoms with van der Waals surface area (Å²) in [7, 11) is 0. The molecule has 0 aliphatic carbocycles. The smallest absolute Gasteiger partial charge is 0.353 e. The lowest BCUT2D eigenvalue weighted by Crippen LogP contribution is -2.12. The molecule has 8 nitrogen and oxygen atoms in total. The average molecular weight is 283 g/mol. The Kier molecular flexibility index (Phi) is 7.26.